The molecule has 0 aliphatic rings. The minimum Gasteiger partial charge on any atom is -0.392 e. The largest absolute Gasteiger partial charge is 0.392 e. The molecule has 4 heteroatoms. The van der Waals surface area contributed by atoms with Crippen molar-refractivity contribution in [3.8, 4) is 0 Å². The van der Waals surface area contributed by atoms with E-state index in [2.05, 4.69) is 39.4 Å². The third kappa shape index (κ3) is 2.04. The van der Waals surface area contributed by atoms with Crippen molar-refractivity contribution < 1.29 is 5.11 Å². The molecule has 2 heterocycles. The van der Waals surface area contributed by atoms with Gasteiger partial charge in [-0.05, 0) is 24.6 Å². The lowest BCUT2D eigenvalue weighted by molar-refractivity contribution is 0.283. The Bertz CT molecular complexity index is 696. The third-order valence-electron chi connectivity index (χ3n) is 3.53. The topological polar surface area (TPSA) is 43.0 Å². The van der Waals surface area contributed by atoms with Gasteiger partial charge in [-0.15, -0.1) is 0 Å². The highest BCUT2D eigenvalue weighted by molar-refractivity contribution is 5.83. The maximum Gasteiger partial charge on any atom is 0.128 e. The first-order chi connectivity index (χ1) is 9.33. The third-order valence-corrected chi connectivity index (χ3v) is 3.53. The van der Waals surface area contributed by atoms with E-state index in [1.54, 1.807) is 0 Å². The van der Waals surface area contributed by atoms with Gasteiger partial charge in [0, 0.05) is 36.0 Å². The van der Waals surface area contributed by atoms with Crippen molar-refractivity contribution in [1.82, 2.24) is 14.1 Å². The fourth-order valence-corrected chi connectivity index (χ4v) is 2.49. The molecule has 3 rings (SSSR count). The van der Waals surface area contributed by atoms with Crippen LogP contribution in [-0.2, 0) is 19.7 Å². The van der Waals surface area contributed by atoms with E-state index in [0.29, 0.717) is 0 Å². The number of hydrogen-bond acceptors (Lipinski definition) is 2. The number of hydrogen-bond donors (Lipinski definition) is 1. The average Bonchev–Trinajstić information content (AvgIpc) is 3.06. The molecule has 0 spiro atoms. The standard InChI is InChI=1S/C15H17N3O/c1-2-17-9-7-16-15(17)10-18-8-6-13-12(11-19)4-3-5-14(13)18/h3-9,19H,2,10-11H2,1H3. The minimum absolute atomic E-state index is 0.0743. The Morgan fingerprint density at radius 3 is 2.84 bits per heavy atom. The summed E-state index contributed by atoms with van der Waals surface area (Å²) in [5, 5.41) is 10.5. The Labute approximate surface area is 111 Å². The summed E-state index contributed by atoms with van der Waals surface area (Å²) in [6.45, 7) is 3.86. The molecule has 0 unspecified atom stereocenters. The Hall–Kier alpha value is -2.07. The summed E-state index contributed by atoms with van der Waals surface area (Å²) >= 11 is 0. The Morgan fingerprint density at radius 1 is 1.16 bits per heavy atom. The lowest BCUT2D eigenvalue weighted by atomic mass is 10.1. The Morgan fingerprint density at radius 2 is 2.05 bits per heavy atom. The normalized spacial score (nSPS) is 11.3. The van der Waals surface area contributed by atoms with Crippen LogP contribution in [0.25, 0.3) is 10.9 Å². The lowest BCUT2D eigenvalue weighted by Gasteiger charge is -2.08. The van der Waals surface area contributed by atoms with Crippen LogP contribution in [0.15, 0.2) is 42.9 Å². The molecule has 0 saturated carbocycles. The van der Waals surface area contributed by atoms with E-state index in [-0.39, 0.29) is 6.61 Å². The van der Waals surface area contributed by atoms with Gasteiger partial charge in [0.1, 0.15) is 5.82 Å². The van der Waals surface area contributed by atoms with Gasteiger partial charge in [-0.25, -0.2) is 4.98 Å². The SMILES string of the molecule is CCn1ccnc1Cn1ccc2c(CO)cccc21. The zero-order valence-corrected chi connectivity index (χ0v) is 11.0. The molecule has 0 atom stereocenters. The van der Waals surface area contributed by atoms with E-state index in [1.807, 2.05) is 24.5 Å². The highest BCUT2D eigenvalue weighted by Crippen LogP contribution is 2.21. The molecule has 0 aliphatic carbocycles. The predicted molar refractivity (Wildman–Crippen MR) is 74.9 cm³/mol. The molecule has 4 nitrogen and oxygen atoms in total. The van der Waals surface area contributed by atoms with Crippen LogP contribution in [-0.4, -0.2) is 19.2 Å². The summed E-state index contributed by atoms with van der Waals surface area (Å²) in [6.07, 6.45) is 5.89. The summed E-state index contributed by atoms with van der Waals surface area (Å²) in [5.74, 6) is 1.05. The molecule has 0 saturated heterocycles. The molecule has 1 aromatic carbocycles. The Balaban J connectivity index is 2.02. The van der Waals surface area contributed by atoms with Crippen molar-refractivity contribution in [2.45, 2.75) is 26.6 Å². The number of aryl methyl sites for hydroxylation is 1. The zero-order valence-electron chi connectivity index (χ0n) is 11.0. The molecule has 1 N–H and O–H groups in total. The first-order valence-corrected chi connectivity index (χ1v) is 6.51. The van der Waals surface area contributed by atoms with Crippen molar-refractivity contribution in [3.05, 3.63) is 54.2 Å². The van der Waals surface area contributed by atoms with Gasteiger partial charge in [0.05, 0.1) is 13.2 Å². The van der Waals surface area contributed by atoms with Crippen LogP contribution in [0.4, 0.5) is 0 Å². The number of aliphatic hydroxyl groups excluding tert-OH is 1. The smallest absolute Gasteiger partial charge is 0.128 e. The van der Waals surface area contributed by atoms with Crippen LogP contribution in [0.3, 0.4) is 0 Å². The molecule has 3 aromatic rings. The van der Waals surface area contributed by atoms with Crippen LogP contribution >= 0.6 is 0 Å². The quantitative estimate of drug-likeness (QED) is 0.778. The predicted octanol–water partition coefficient (Wildman–Crippen LogP) is 2.40. The first-order valence-electron chi connectivity index (χ1n) is 6.51. The van der Waals surface area contributed by atoms with E-state index in [4.69, 9.17) is 0 Å². The molecule has 0 amide bonds. The number of fused-ring (bicyclic) bond motifs is 1. The average molecular weight is 255 g/mol. The minimum atomic E-state index is 0.0743. The van der Waals surface area contributed by atoms with Crippen molar-refractivity contribution in [3.63, 3.8) is 0 Å². The van der Waals surface area contributed by atoms with E-state index < -0.39 is 0 Å². The van der Waals surface area contributed by atoms with E-state index in [1.165, 1.54) is 0 Å². The molecule has 98 valence electrons. The van der Waals surface area contributed by atoms with Crippen LogP contribution in [0.2, 0.25) is 0 Å². The Kier molecular flexibility index (Phi) is 3.09. The van der Waals surface area contributed by atoms with Gasteiger partial charge in [-0.1, -0.05) is 12.1 Å². The highest BCUT2D eigenvalue weighted by atomic mass is 16.3. The number of nitrogens with zero attached hydrogens (tertiary/aromatic N) is 3. The summed E-state index contributed by atoms with van der Waals surface area (Å²) in [6, 6.07) is 8.07. The summed E-state index contributed by atoms with van der Waals surface area (Å²) < 4.78 is 4.31. The van der Waals surface area contributed by atoms with Crippen LogP contribution in [0, 0.1) is 0 Å². The number of aliphatic hydroxyl groups is 1. The maximum absolute atomic E-state index is 9.36. The van der Waals surface area contributed by atoms with Gasteiger partial charge in [0.2, 0.25) is 0 Å². The first kappa shape index (κ1) is 12.0. The summed E-state index contributed by atoms with van der Waals surface area (Å²) in [4.78, 5) is 4.40. The van der Waals surface area contributed by atoms with Gasteiger partial charge >= 0.3 is 0 Å². The summed E-state index contributed by atoms with van der Waals surface area (Å²) in [7, 11) is 0. The van der Waals surface area contributed by atoms with Crippen molar-refractivity contribution >= 4 is 10.9 Å². The van der Waals surface area contributed by atoms with Crippen LogP contribution in [0.5, 0.6) is 0 Å². The molecule has 2 aromatic heterocycles. The van der Waals surface area contributed by atoms with E-state index >= 15 is 0 Å². The van der Waals surface area contributed by atoms with E-state index in [0.717, 1.165) is 35.4 Å². The van der Waals surface area contributed by atoms with Crippen LogP contribution in [0.1, 0.15) is 18.3 Å². The molecule has 0 aliphatic heterocycles. The molecule has 19 heavy (non-hydrogen) atoms. The second kappa shape index (κ2) is 4.90. The van der Waals surface area contributed by atoms with Gasteiger partial charge in [0.15, 0.2) is 0 Å². The number of imidazole rings is 1. The monoisotopic (exact) mass is 255 g/mol. The highest BCUT2D eigenvalue weighted by Gasteiger charge is 2.07. The molecular formula is C15H17N3O. The number of benzene rings is 1. The fourth-order valence-electron chi connectivity index (χ4n) is 2.49. The van der Waals surface area contributed by atoms with Gasteiger partial charge in [-0.2, -0.15) is 0 Å². The molecule has 0 radical (unpaired) electrons. The number of rotatable bonds is 4. The summed E-state index contributed by atoms with van der Waals surface area (Å²) in [5.41, 5.74) is 2.10. The van der Waals surface area contributed by atoms with Gasteiger partial charge < -0.3 is 14.2 Å². The van der Waals surface area contributed by atoms with Crippen LogP contribution < -0.4 is 0 Å². The second-order valence-corrected chi connectivity index (χ2v) is 4.58. The molecule has 0 fully saturated rings. The van der Waals surface area contributed by atoms with Crippen molar-refractivity contribution in [1.29, 1.82) is 0 Å². The molecular weight excluding hydrogens is 238 g/mol. The van der Waals surface area contributed by atoms with Crippen molar-refractivity contribution in [2.75, 3.05) is 0 Å². The molecule has 0 bridgehead atoms. The number of aromatic nitrogens is 3. The van der Waals surface area contributed by atoms with Gasteiger partial charge in [0.25, 0.3) is 0 Å². The van der Waals surface area contributed by atoms with Crippen molar-refractivity contribution in [2.24, 2.45) is 0 Å². The second-order valence-electron chi connectivity index (χ2n) is 4.58. The maximum atomic E-state index is 9.36. The zero-order chi connectivity index (χ0) is 13.2. The lowest BCUT2D eigenvalue weighted by Crippen LogP contribution is -2.06. The van der Waals surface area contributed by atoms with Gasteiger partial charge in [-0.3, -0.25) is 0 Å². The van der Waals surface area contributed by atoms with E-state index in [9.17, 15) is 5.11 Å². The fraction of sp³-hybridized carbons (Fsp3) is 0.267.